The van der Waals surface area contributed by atoms with Crippen LogP contribution >= 0.6 is 11.3 Å². The predicted molar refractivity (Wildman–Crippen MR) is 191 cm³/mol. The summed E-state index contributed by atoms with van der Waals surface area (Å²) in [5.41, 5.74) is 3.27. The van der Waals surface area contributed by atoms with E-state index in [0.717, 1.165) is 39.7 Å². The van der Waals surface area contributed by atoms with Gasteiger partial charge in [-0.15, -0.1) is 11.3 Å². The Bertz CT molecular complexity index is 1830. The summed E-state index contributed by atoms with van der Waals surface area (Å²) in [6.45, 7) is 13.6. The van der Waals surface area contributed by atoms with E-state index >= 15 is 0 Å². The Balaban J connectivity index is 1.23. The first kappa shape index (κ1) is 33.3. The Labute approximate surface area is 285 Å². The molecule has 11 heteroatoms. The Hall–Kier alpha value is -4.64. The molecular weight excluding hydrogens is 627 g/mol. The number of nitrogens with one attached hydrogen (secondary N) is 2. The van der Waals surface area contributed by atoms with Gasteiger partial charge in [-0.1, -0.05) is 18.2 Å². The third kappa shape index (κ3) is 7.90. The normalized spacial score (nSPS) is 15.3. The number of rotatable bonds is 6. The van der Waals surface area contributed by atoms with Gasteiger partial charge in [0, 0.05) is 48.3 Å². The van der Waals surface area contributed by atoms with Gasteiger partial charge in [-0.05, 0) is 113 Å². The molecule has 10 nitrogen and oxygen atoms in total. The van der Waals surface area contributed by atoms with Crippen LogP contribution in [-0.2, 0) is 9.47 Å². The number of nitrogens with zero attached hydrogens (tertiary/aromatic N) is 3. The highest BCUT2D eigenvalue weighted by Crippen LogP contribution is 2.48. The van der Waals surface area contributed by atoms with Gasteiger partial charge in [0.05, 0.1) is 11.4 Å². The van der Waals surface area contributed by atoms with E-state index in [9.17, 15) is 14.4 Å². The second-order valence-corrected chi connectivity index (χ2v) is 15.3. The number of benzene rings is 2. The minimum absolute atomic E-state index is 0.271. The Morgan fingerprint density at radius 2 is 1.58 bits per heavy atom. The Morgan fingerprint density at radius 1 is 0.854 bits per heavy atom. The first-order chi connectivity index (χ1) is 22.7. The molecule has 0 atom stereocenters. The van der Waals surface area contributed by atoms with Gasteiger partial charge in [-0.3, -0.25) is 15.1 Å². The van der Waals surface area contributed by atoms with E-state index in [4.69, 9.17) is 9.47 Å². The van der Waals surface area contributed by atoms with Gasteiger partial charge in [0.15, 0.2) is 0 Å². The molecule has 0 spiro atoms. The van der Waals surface area contributed by atoms with Crippen molar-refractivity contribution in [1.29, 1.82) is 0 Å². The zero-order valence-corrected chi connectivity index (χ0v) is 29.2. The summed E-state index contributed by atoms with van der Waals surface area (Å²) in [4.78, 5) is 48.7. The zero-order valence-electron chi connectivity index (χ0n) is 28.4. The number of carbonyl (C=O) groups is 3. The molecule has 2 aromatic heterocycles. The fourth-order valence-corrected chi connectivity index (χ4v) is 6.56. The molecular formula is C37H43N5O5S. The van der Waals surface area contributed by atoms with Gasteiger partial charge in [0.25, 0.3) is 5.91 Å². The number of ether oxygens (including phenoxy) is 2. The molecule has 1 saturated carbocycles. The molecule has 0 bridgehead atoms. The van der Waals surface area contributed by atoms with Crippen LogP contribution in [0.5, 0.6) is 0 Å². The van der Waals surface area contributed by atoms with E-state index in [1.807, 2.05) is 62.5 Å². The lowest BCUT2D eigenvalue weighted by atomic mass is 9.98. The molecule has 4 aromatic rings. The number of carbonyl (C=O) groups excluding carboxylic acids is 3. The number of hydrogen-bond donors (Lipinski definition) is 2. The third-order valence-corrected chi connectivity index (χ3v) is 9.04. The molecule has 252 valence electrons. The number of fused-ring (bicyclic) bond motifs is 1. The largest absolute Gasteiger partial charge is 0.444 e. The van der Waals surface area contributed by atoms with Crippen LogP contribution in [0.3, 0.4) is 0 Å². The summed E-state index contributed by atoms with van der Waals surface area (Å²) in [5.74, 6) is 0.0540. The molecule has 1 saturated heterocycles. The van der Waals surface area contributed by atoms with Crippen LogP contribution in [0.1, 0.15) is 76.4 Å². The number of aromatic nitrogens is 1. The molecule has 48 heavy (non-hydrogen) atoms. The summed E-state index contributed by atoms with van der Waals surface area (Å²) >= 11 is 1.59. The summed E-state index contributed by atoms with van der Waals surface area (Å²) in [6, 6.07) is 15.5. The molecule has 2 aliphatic rings. The first-order valence-electron chi connectivity index (χ1n) is 16.4. The second kappa shape index (κ2) is 13.1. The van der Waals surface area contributed by atoms with Crippen LogP contribution in [0.25, 0.3) is 21.2 Å². The molecule has 2 fully saturated rings. The van der Waals surface area contributed by atoms with Crippen LogP contribution in [0, 0.1) is 0 Å². The minimum atomic E-state index is -0.674. The highest BCUT2D eigenvalue weighted by atomic mass is 32.1. The SMILES string of the molecule is CC(C)(C)OC(=O)Nc1ccc(-c2cccs2)cc1NC(=O)c1cc2ccc(N3CCN(C(=O)OC(C)(C)C)CC3)c(C3CC3)c2cn1. The molecule has 0 unspecified atom stereocenters. The van der Waals surface area contributed by atoms with Crippen molar-refractivity contribution in [2.45, 2.75) is 71.5 Å². The number of piperazine rings is 1. The van der Waals surface area contributed by atoms with Crippen molar-refractivity contribution in [3.8, 4) is 10.4 Å². The van der Waals surface area contributed by atoms with Crippen molar-refractivity contribution in [2.24, 2.45) is 0 Å². The Morgan fingerprint density at radius 3 is 2.23 bits per heavy atom. The number of amides is 3. The van der Waals surface area contributed by atoms with E-state index in [1.165, 1.54) is 5.56 Å². The third-order valence-electron chi connectivity index (χ3n) is 8.12. The van der Waals surface area contributed by atoms with Gasteiger partial charge in [0.1, 0.15) is 16.9 Å². The smallest absolute Gasteiger partial charge is 0.412 e. The molecule has 3 heterocycles. The van der Waals surface area contributed by atoms with Crippen LogP contribution in [-0.4, -0.2) is 65.4 Å². The standard InChI is InChI=1S/C37H43N5O5S/c1-36(2,3)46-34(44)40-27-13-11-25(31-8-7-19-48-31)21-28(27)39-33(43)29-20-24-12-14-30(32(23-9-10-23)26(24)22-38-29)41-15-17-42(18-16-41)35(45)47-37(4,5)6/h7-8,11-14,19-23H,9-10,15-18H2,1-6H3,(H,39,43)(H,40,44). The number of anilines is 3. The van der Waals surface area contributed by atoms with Crippen molar-refractivity contribution in [1.82, 2.24) is 9.88 Å². The second-order valence-electron chi connectivity index (χ2n) is 14.3. The van der Waals surface area contributed by atoms with E-state index in [1.54, 1.807) is 49.3 Å². The highest BCUT2D eigenvalue weighted by molar-refractivity contribution is 7.13. The van der Waals surface area contributed by atoms with Crippen LogP contribution < -0.4 is 15.5 Å². The molecule has 3 amide bonds. The average molecular weight is 670 g/mol. The molecule has 2 N–H and O–H groups in total. The van der Waals surface area contributed by atoms with Crippen LogP contribution in [0.2, 0.25) is 0 Å². The Kier molecular flexibility index (Phi) is 9.08. The van der Waals surface area contributed by atoms with Gasteiger partial charge < -0.3 is 24.6 Å². The fourth-order valence-electron chi connectivity index (χ4n) is 5.84. The topological polar surface area (TPSA) is 113 Å². The lowest BCUT2D eigenvalue weighted by Crippen LogP contribution is -2.50. The molecule has 1 aliphatic carbocycles. The molecule has 2 aromatic carbocycles. The summed E-state index contributed by atoms with van der Waals surface area (Å²) in [7, 11) is 0. The highest BCUT2D eigenvalue weighted by Gasteiger charge is 2.32. The maximum atomic E-state index is 13.7. The summed E-state index contributed by atoms with van der Waals surface area (Å²) < 4.78 is 11.0. The zero-order chi connectivity index (χ0) is 34.2. The minimum Gasteiger partial charge on any atom is -0.444 e. The van der Waals surface area contributed by atoms with Gasteiger partial charge in [-0.25, -0.2) is 9.59 Å². The van der Waals surface area contributed by atoms with E-state index in [2.05, 4.69) is 26.6 Å². The predicted octanol–water partition coefficient (Wildman–Crippen LogP) is 8.50. The van der Waals surface area contributed by atoms with Crippen molar-refractivity contribution in [3.05, 3.63) is 71.4 Å². The maximum Gasteiger partial charge on any atom is 0.412 e. The molecule has 0 radical (unpaired) electrons. The van der Waals surface area contributed by atoms with E-state index < -0.39 is 17.3 Å². The van der Waals surface area contributed by atoms with Crippen LogP contribution in [0.15, 0.2) is 60.1 Å². The molecule has 1 aliphatic heterocycles. The number of pyridine rings is 1. The van der Waals surface area contributed by atoms with Gasteiger partial charge in [0.2, 0.25) is 0 Å². The quantitative estimate of drug-likeness (QED) is 0.212. The van der Waals surface area contributed by atoms with Crippen molar-refractivity contribution in [2.75, 3.05) is 41.7 Å². The average Bonchev–Trinajstić information content (AvgIpc) is 3.71. The number of hydrogen-bond acceptors (Lipinski definition) is 8. The van der Waals surface area contributed by atoms with Gasteiger partial charge in [-0.2, -0.15) is 0 Å². The molecule has 6 rings (SSSR count). The summed E-state index contributed by atoms with van der Waals surface area (Å²) in [6.07, 6.45) is 3.14. The first-order valence-corrected chi connectivity index (χ1v) is 17.3. The van der Waals surface area contributed by atoms with Crippen molar-refractivity contribution >= 4 is 57.3 Å². The van der Waals surface area contributed by atoms with Crippen molar-refractivity contribution in [3.63, 3.8) is 0 Å². The van der Waals surface area contributed by atoms with Gasteiger partial charge >= 0.3 is 12.2 Å². The van der Waals surface area contributed by atoms with E-state index in [0.29, 0.717) is 43.5 Å². The van der Waals surface area contributed by atoms with E-state index in [-0.39, 0.29) is 17.7 Å². The summed E-state index contributed by atoms with van der Waals surface area (Å²) in [5, 5.41) is 9.73. The van der Waals surface area contributed by atoms with Crippen molar-refractivity contribution < 1.29 is 23.9 Å². The maximum absolute atomic E-state index is 13.7. The van der Waals surface area contributed by atoms with Crippen LogP contribution in [0.4, 0.5) is 26.7 Å². The monoisotopic (exact) mass is 669 g/mol. The number of thiophene rings is 1. The lowest BCUT2D eigenvalue weighted by Gasteiger charge is -2.37. The fraction of sp³-hybridized carbons (Fsp3) is 0.405. The lowest BCUT2D eigenvalue weighted by molar-refractivity contribution is 0.0240.